The summed E-state index contributed by atoms with van der Waals surface area (Å²) in [5.41, 5.74) is 2.71. The number of aryl methyl sites for hydroxylation is 1. The van der Waals surface area contributed by atoms with Crippen LogP contribution in [-0.4, -0.2) is 23.5 Å². The minimum absolute atomic E-state index is 0.154. The van der Waals surface area contributed by atoms with Crippen LogP contribution in [0.25, 0.3) is 0 Å². The molecule has 1 aromatic rings. The van der Waals surface area contributed by atoms with Crippen LogP contribution in [0.1, 0.15) is 23.6 Å². The van der Waals surface area contributed by atoms with Gasteiger partial charge >= 0.3 is 0 Å². The van der Waals surface area contributed by atoms with Crippen molar-refractivity contribution in [2.45, 2.75) is 29.9 Å². The molecular weight excluding hydrogens is 206 g/mol. The summed E-state index contributed by atoms with van der Waals surface area (Å²) in [7, 11) is 0. The van der Waals surface area contributed by atoms with E-state index in [4.69, 9.17) is 0 Å². The van der Waals surface area contributed by atoms with Crippen molar-refractivity contribution in [3.8, 4) is 0 Å². The molecule has 80 valence electrons. The summed E-state index contributed by atoms with van der Waals surface area (Å²) in [6, 6.07) is 6.78. The van der Waals surface area contributed by atoms with Crippen molar-refractivity contribution in [1.82, 2.24) is 5.32 Å². The lowest BCUT2D eigenvalue weighted by atomic mass is 10.00. The van der Waals surface area contributed by atoms with E-state index in [1.807, 2.05) is 11.8 Å². The number of fused-ring (bicyclic) bond motifs is 1. The third kappa shape index (κ3) is 1.69. The molecule has 1 saturated heterocycles. The van der Waals surface area contributed by atoms with Crippen LogP contribution in [0.15, 0.2) is 23.1 Å². The van der Waals surface area contributed by atoms with Crippen molar-refractivity contribution >= 4 is 11.8 Å². The highest BCUT2D eigenvalue weighted by molar-refractivity contribution is 7.99. The average molecular weight is 221 g/mol. The Morgan fingerprint density at radius 1 is 1.40 bits per heavy atom. The van der Waals surface area contributed by atoms with E-state index >= 15 is 0 Å². The molecule has 2 aliphatic heterocycles. The molecule has 0 amide bonds. The van der Waals surface area contributed by atoms with Gasteiger partial charge in [-0.1, -0.05) is 12.1 Å². The molecule has 2 unspecified atom stereocenters. The Hall–Kier alpha value is -0.510. The fourth-order valence-corrected chi connectivity index (χ4v) is 3.48. The number of aliphatic hydroxyl groups is 1. The predicted molar refractivity (Wildman–Crippen MR) is 62.2 cm³/mol. The van der Waals surface area contributed by atoms with E-state index in [0.29, 0.717) is 0 Å². The highest BCUT2D eigenvalue weighted by Crippen LogP contribution is 2.34. The summed E-state index contributed by atoms with van der Waals surface area (Å²) in [6.45, 7) is 0.928. The maximum atomic E-state index is 9.82. The minimum Gasteiger partial charge on any atom is -0.391 e. The zero-order chi connectivity index (χ0) is 10.3. The first-order valence-corrected chi connectivity index (χ1v) is 6.50. The van der Waals surface area contributed by atoms with Gasteiger partial charge in [0, 0.05) is 10.6 Å². The molecule has 0 spiro atoms. The molecule has 0 aliphatic carbocycles. The number of aliphatic hydroxyl groups excluding tert-OH is 1. The van der Waals surface area contributed by atoms with Gasteiger partial charge in [0.1, 0.15) is 0 Å². The lowest BCUT2D eigenvalue weighted by Gasteiger charge is -2.16. The molecule has 15 heavy (non-hydrogen) atoms. The molecule has 2 nitrogen and oxygen atoms in total. The summed E-state index contributed by atoms with van der Waals surface area (Å²) >= 11 is 1.94. The van der Waals surface area contributed by atoms with Crippen LogP contribution in [-0.2, 0) is 6.42 Å². The number of rotatable bonds is 1. The Labute approximate surface area is 94.1 Å². The molecule has 0 radical (unpaired) electrons. The third-order valence-corrected chi connectivity index (χ3v) is 4.38. The second-order valence-electron chi connectivity index (χ2n) is 4.25. The first kappa shape index (κ1) is 9.70. The zero-order valence-corrected chi connectivity index (χ0v) is 9.39. The first-order chi connectivity index (χ1) is 7.34. The van der Waals surface area contributed by atoms with Crippen molar-refractivity contribution in [2.75, 3.05) is 12.3 Å². The summed E-state index contributed by atoms with van der Waals surface area (Å²) in [5, 5.41) is 13.2. The number of hydrogen-bond acceptors (Lipinski definition) is 3. The van der Waals surface area contributed by atoms with E-state index < -0.39 is 0 Å². The highest BCUT2D eigenvalue weighted by atomic mass is 32.2. The molecule has 1 fully saturated rings. The summed E-state index contributed by atoms with van der Waals surface area (Å²) in [6.07, 6.45) is 1.84. The standard InChI is InChI=1S/C12H15NOS/c14-10-3-5-13-12(10)9-1-2-11-8(7-9)4-6-15-11/h1-2,7,10,12-14H,3-6H2. The van der Waals surface area contributed by atoms with Gasteiger partial charge in [-0.25, -0.2) is 0 Å². The molecule has 2 atom stereocenters. The van der Waals surface area contributed by atoms with E-state index in [0.717, 1.165) is 13.0 Å². The predicted octanol–water partition coefficient (Wildman–Crippen LogP) is 1.73. The Kier molecular flexibility index (Phi) is 2.47. The maximum absolute atomic E-state index is 9.82. The quantitative estimate of drug-likeness (QED) is 0.757. The molecule has 3 rings (SSSR count). The molecular formula is C12H15NOS. The summed E-state index contributed by atoms with van der Waals surface area (Å²) < 4.78 is 0. The normalized spacial score (nSPS) is 29.4. The van der Waals surface area contributed by atoms with Gasteiger partial charge in [-0.05, 0) is 36.6 Å². The second-order valence-corrected chi connectivity index (χ2v) is 5.39. The van der Waals surface area contributed by atoms with E-state index in [-0.39, 0.29) is 12.1 Å². The Morgan fingerprint density at radius 3 is 3.13 bits per heavy atom. The number of benzene rings is 1. The van der Waals surface area contributed by atoms with Crippen LogP contribution in [0, 0.1) is 0 Å². The molecule has 0 saturated carbocycles. The lowest BCUT2D eigenvalue weighted by molar-refractivity contribution is 0.160. The van der Waals surface area contributed by atoms with Gasteiger partial charge in [-0.15, -0.1) is 11.8 Å². The SMILES string of the molecule is OC1CCNC1c1ccc2c(c1)CCS2. The monoisotopic (exact) mass is 221 g/mol. The van der Waals surface area contributed by atoms with E-state index in [1.54, 1.807) is 0 Å². The Morgan fingerprint density at radius 2 is 2.33 bits per heavy atom. The topological polar surface area (TPSA) is 32.3 Å². The van der Waals surface area contributed by atoms with Crippen molar-refractivity contribution in [3.63, 3.8) is 0 Å². The fraction of sp³-hybridized carbons (Fsp3) is 0.500. The largest absolute Gasteiger partial charge is 0.391 e. The maximum Gasteiger partial charge on any atom is 0.0747 e. The third-order valence-electron chi connectivity index (χ3n) is 3.26. The fourth-order valence-electron chi connectivity index (χ4n) is 2.43. The average Bonchev–Trinajstić information content (AvgIpc) is 2.84. The smallest absolute Gasteiger partial charge is 0.0747 e. The van der Waals surface area contributed by atoms with Crippen LogP contribution < -0.4 is 5.32 Å². The second kappa shape index (κ2) is 3.81. The van der Waals surface area contributed by atoms with Crippen LogP contribution in [0.5, 0.6) is 0 Å². The number of hydrogen-bond donors (Lipinski definition) is 2. The molecule has 1 aromatic carbocycles. The molecule has 2 heterocycles. The minimum atomic E-state index is -0.211. The molecule has 2 N–H and O–H groups in total. The summed E-state index contributed by atoms with van der Waals surface area (Å²) in [5.74, 6) is 1.21. The lowest BCUT2D eigenvalue weighted by Crippen LogP contribution is -2.20. The van der Waals surface area contributed by atoms with Gasteiger partial charge in [0.15, 0.2) is 0 Å². The zero-order valence-electron chi connectivity index (χ0n) is 8.57. The first-order valence-electron chi connectivity index (χ1n) is 5.52. The van der Waals surface area contributed by atoms with Gasteiger partial charge in [0.05, 0.1) is 12.1 Å². The molecule has 0 aromatic heterocycles. The van der Waals surface area contributed by atoms with Crippen LogP contribution in [0.4, 0.5) is 0 Å². The van der Waals surface area contributed by atoms with E-state index in [9.17, 15) is 5.11 Å². The van der Waals surface area contributed by atoms with Gasteiger partial charge in [0.25, 0.3) is 0 Å². The van der Waals surface area contributed by atoms with Crippen molar-refractivity contribution in [2.24, 2.45) is 0 Å². The molecule has 0 bridgehead atoms. The number of nitrogens with one attached hydrogen (secondary N) is 1. The van der Waals surface area contributed by atoms with Crippen LogP contribution >= 0.6 is 11.8 Å². The van der Waals surface area contributed by atoms with Crippen molar-refractivity contribution < 1.29 is 5.11 Å². The van der Waals surface area contributed by atoms with Gasteiger partial charge in [0.2, 0.25) is 0 Å². The van der Waals surface area contributed by atoms with Crippen molar-refractivity contribution in [3.05, 3.63) is 29.3 Å². The van der Waals surface area contributed by atoms with E-state index in [2.05, 4.69) is 23.5 Å². The van der Waals surface area contributed by atoms with Crippen LogP contribution in [0.2, 0.25) is 0 Å². The molecule has 3 heteroatoms. The Balaban J connectivity index is 1.92. The van der Waals surface area contributed by atoms with Gasteiger partial charge in [-0.2, -0.15) is 0 Å². The summed E-state index contributed by atoms with van der Waals surface area (Å²) in [4.78, 5) is 1.42. The van der Waals surface area contributed by atoms with Gasteiger partial charge < -0.3 is 10.4 Å². The highest BCUT2D eigenvalue weighted by Gasteiger charge is 2.26. The van der Waals surface area contributed by atoms with Crippen LogP contribution in [0.3, 0.4) is 0 Å². The van der Waals surface area contributed by atoms with Crippen molar-refractivity contribution in [1.29, 1.82) is 0 Å². The Bertz CT molecular complexity index is 380. The van der Waals surface area contributed by atoms with Gasteiger partial charge in [-0.3, -0.25) is 0 Å². The van der Waals surface area contributed by atoms with E-state index in [1.165, 1.54) is 28.2 Å². The molecule has 2 aliphatic rings. The number of thioether (sulfide) groups is 1.